The average molecular weight is 453 g/mol. The molecule has 3 rings (SSSR count). The molecule has 10 nitrogen and oxygen atoms in total. The third kappa shape index (κ3) is 5.35. The fraction of sp³-hybridized carbons (Fsp3) is 0.261. The molecule has 1 saturated heterocycles. The number of barbiturate groups is 1. The summed E-state index contributed by atoms with van der Waals surface area (Å²) in [5.41, 5.74) is -0.147. The van der Waals surface area contributed by atoms with Crippen LogP contribution in [0.5, 0.6) is 11.5 Å². The van der Waals surface area contributed by atoms with Crippen molar-refractivity contribution in [1.82, 2.24) is 5.32 Å². The first-order chi connectivity index (χ1) is 15.8. The zero-order chi connectivity index (χ0) is 24.0. The molecule has 10 heteroatoms. The summed E-state index contributed by atoms with van der Waals surface area (Å²) in [6, 6.07) is 9.02. The number of nitro groups is 1. The van der Waals surface area contributed by atoms with E-state index in [9.17, 15) is 24.5 Å². The number of ether oxygens (including phenoxy) is 2. The summed E-state index contributed by atoms with van der Waals surface area (Å²) in [7, 11) is 0. The van der Waals surface area contributed by atoms with E-state index in [1.807, 2.05) is 6.92 Å². The van der Waals surface area contributed by atoms with Gasteiger partial charge in [-0.3, -0.25) is 25.0 Å². The summed E-state index contributed by atoms with van der Waals surface area (Å²) in [4.78, 5) is 48.9. The van der Waals surface area contributed by atoms with E-state index in [1.165, 1.54) is 24.3 Å². The third-order valence-corrected chi connectivity index (χ3v) is 4.73. The predicted octanol–water partition coefficient (Wildman–Crippen LogP) is 3.84. The van der Waals surface area contributed by atoms with Gasteiger partial charge >= 0.3 is 6.03 Å². The lowest BCUT2D eigenvalue weighted by Crippen LogP contribution is -2.54. The van der Waals surface area contributed by atoms with E-state index in [0.717, 1.165) is 18.9 Å². The summed E-state index contributed by atoms with van der Waals surface area (Å²) >= 11 is 0. The minimum atomic E-state index is -0.989. The van der Waals surface area contributed by atoms with E-state index in [-0.39, 0.29) is 16.9 Å². The van der Waals surface area contributed by atoms with Gasteiger partial charge in [0.15, 0.2) is 11.5 Å². The fourth-order valence-corrected chi connectivity index (χ4v) is 3.13. The molecule has 2 aromatic carbocycles. The van der Waals surface area contributed by atoms with Crippen molar-refractivity contribution in [3.63, 3.8) is 0 Å². The van der Waals surface area contributed by atoms with Gasteiger partial charge in [-0.1, -0.05) is 25.5 Å². The number of nitrogens with zero attached hydrogens (tertiary/aromatic N) is 2. The molecule has 1 fully saturated rings. The second-order valence-corrected chi connectivity index (χ2v) is 7.08. The number of nitrogens with one attached hydrogen (secondary N) is 1. The number of nitro benzene ring substituents is 1. The molecular weight excluding hydrogens is 430 g/mol. The smallest absolute Gasteiger partial charge is 0.335 e. The molecule has 0 spiro atoms. The molecule has 1 heterocycles. The molecule has 0 atom stereocenters. The lowest BCUT2D eigenvalue weighted by Gasteiger charge is -2.26. The molecule has 1 aliphatic rings. The minimum absolute atomic E-state index is 0.0280. The number of rotatable bonds is 9. The maximum atomic E-state index is 13.0. The maximum absolute atomic E-state index is 13.0. The van der Waals surface area contributed by atoms with Crippen LogP contribution in [0, 0.1) is 10.1 Å². The Morgan fingerprint density at radius 1 is 1.06 bits per heavy atom. The number of hydrogen-bond acceptors (Lipinski definition) is 7. The van der Waals surface area contributed by atoms with Crippen molar-refractivity contribution in [2.75, 3.05) is 18.1 Å². The van der Waals surface area contributed by atoms with E-state index in [1.54, 1.807) is 18.2 Å². The molecule has 0 radical (unpaired) electrons. The van der Waals surface area contributed by atoms with Crippen LogP contribution in [-0.4, -0.2) is 36.0 Å². The number of hydrogen-bond donors (Lipinski definition) is 1. The lowest BCUT2D eigenvalue weighted by molar-refractivity contribution is -0.384. The quantitative estimate of drug-likeness (QED) is 0.201. The molecule has 0 saturated carbocycles. The lowest BCUT2D eigenvalue weighted by atomic mass is 10.1. The largest absolute Gasteiger partial charge is 0.490 e. The summed E-state index contributed by atoms with van der Waals surface area (Å²) in [6.07, 6.45) is 3.19. The van der Waals surface area contributed by atoms with Crippen LogP contribution in [0.15, 0.2) is 48.0 Å². The molecule has 1 aliphatic heterocycles. The molecule has 0 unspecified atom stereocenters. The Morgan fingerprint density at radius 2 is 1.85 bits per heavy atom. The van der Waals surface area contributed by atoms with Gasteiger partial charge in [-0.25, -0.2) is 9.69 Å². The Morgan fingerprint density at radius 3 is 2.55 bits per heavy atom. The van der Waals surface area contributed by atoms with Crippen molar-refractivity contribution in [1.29, 1.82) is 0 Å². The maximum Gasteiger partial charge on any atom is 0.335 e. The molecule has 0 aromatic heterocycles. The van der Waals surface area contributed by atoms with Gasteiger partial charge in [0.05, 0.1) is 23.8 Å². The van der Waals surface area contributed by atoms with Gasteiger partial charge in [0.2, 0.25) is 0 Å². The van der Waals surface area contributed by atoms with Crippen LogP contribution in [0.1, 0.15) is 32.3 Å². The SMILES string of the molecule is CCCCOc1ccc(C=C2C(=O)NC(=O)N(c3cccc([N+](=O)[O-])c3)C2=O)cc1OCC. The van der Waals surface area contributed by atoms with E-state index in [0.29, 0.717) is 35.2 Å². The zero-order valence-corrected chi connectivity index (χ0v) is 18.2. The van der Waals surface area contributed by atoms with Crippen LogP contribution in [0.4, 0.5) is 16.2 Å². The van der Waals surface area contributed by atoms with E-state index < -0.39 is 22.8 Å². The second-order valence-electron chi connectivity index (χ2n) is 7.08. The molecule has 0 bridgehead atoms. The van der Waals surface area contributed by atoms with Gasteiger partial charge in [-0.2, -0.15) is 0 Å². The topological polar surface area (TPSA) is 128 Å². The number of benzene rings is 2. The number of carbonyl (C=O) groups excluding carboxylic acids is 3. The monoisotopic (exact) mass is 453 g/mol. The highest BCUT2D eigenvalue weighted by Crippen LogP contribution is 2.31. The summed E-state index contributed by atoms with van der Waals surface area (Å²) in [6.45, 7) is 4.79. The highest BCUT2D eigenvalue weighted by molar-refractivity contribution is 6.39. The fourth-order valence-electron chi connectivity index (χ4n) is 3.13. The van der Waals surface area contributed by atoms with Crippen LogP contribution in [0.25, 0.3) is 6.08 Å². The van der Waals surface area contributed by atoms with Crippen LogP contribution >= 0.6 is 0 Å². The summed E-state index contributed by atoms with van der Waals surface area (Å²) < 4.78 is 11.4. The first-order valence-electron chi connectivity index (χ1n) is 10.4. The number of anilines is 1. The van der Waals surface area contributed by atoms with Gasteiger partial charge in [0.25, 0.3) is 17.5 Å². The predicted molar refractivity (Wildman–Crippen MR) is 120 cm³/mol. The molecule has 1 N–H and O–H groups in total. The number of unbranched alkanes of at least 4 members (excludes halogenated alkanes) is 1. The van der Waals surface area contributed by atoms with Gasteiger partial charge in [-0.05, 0) is 43.2 Å². The Kier molecular flexibility index (Phi) is 7.39. The Labute approximate surface area is 189 Å². The average Bonchev–Trinajstić information content (AvgIpc) is 2.78. The highest BCUT2D eigenvalue weighted by Gasteiger charge is 2.37. The Hall–Kier alpha value is -4.21. The van der Waals surface area contributed by atoms with Crippen molar-refractivity contribution >= 4 is 35.3 Å². The number of carbonyl (C=O) groups is 3. The van der Waals surface area contributed by atoms with Crippen LogP contribution < -0.4 is 19.7 Å². The highest BCUT2D eigenvalue weighted by atomic mass is 16.6. The van der Waals surface area contributed by atoms with Crippen LogP contribution in [-0.2, 0) is 9.59 Å². The Balaban J connectivity index is 1.95. The van der Waals surface area contributed by atoms with Crippen molar-refractivity contribution in [3.8, 4) is 11.5 Å². The number of amides is 4. The van der Waals surface area contributed by atoms with Gasteiger partial charge < -0.3 is 9.47 Å². The van der Waals surface area contributed by atoms with Gasteiger partial charge in [-0.15, -0.1) is 0 Å². The second kappa shape index (κ2) is 10.4. The van der Waals surface area contributed by atoms with Gasteiger partial charge in [0, 0.05) is 12.1 Å². The molecule has 2 aromatic rings. The van der Waals surface area contributed by atoms with Gasteiger partial charge in [0.1, 0.15) is 5.57 Å². The summed E-state index contributed by atoms with van der Waals surface area (Å²) in [5.74, 6) is -0.767. The van der Waals surface area contributed by atoms with Crippen LogP contribution in [0.3, 0.4) is 0 Å². The number of imide groups is 2. The first kappa shape index (κ1) is 23.5. The molecule has 172 valence electrons. The first-order valence-corrected chi connectivity index (χ1v) is 10.4. The number of non-ortho nitro benzene ring substituents is 1. The van der Waals surface area contributed by atoms with E-state index in [2.05, 4.69) is 12.2 Å². The van der Waals surface area contributed by atoms with E-state index >= 15 is 0 Å². The van der Waals surface area contributed by atoms with Crippen molar-refractivity contribution < 1.29 is 28.8 Å². The minimum Gasteiger partial charge on any atom is -0.490 e. The van der Waals surface area contributed by atoms with Crippen molar-refractivity contribution in [2.24, 2.45) is 0 Å². The van der Waals surface area contributed by atoms with Crippen molar-refractivity contribution in [2.45, 2.75) is 26.7 Å². The van der Waals surface area contributed by atoms with E-state index in [4.69, 9.17) is 9.47 Å². The Bertz CT molecular complexity index is 1130. The summed E-state index contributed by atoms with van der Waals surface area (Å²) in [5, 5.41) is 13.2. The molecule has 4 amide bonds. The third-order valence-electron chi connectivity index (χ3n) is 4.73. The van der Waals surface area contributed by atoms with Crippen molar-refractivity contribution in [3.05, 3.63) is 63.7 Å². The zero-order valence-electron chi connectivity index (χ0n) is 18.2. The normalized spacial score (nSPS) is 14.9. The molecule has 33 heavy (non-hydrogen) atoms. The number of urea groups is 1. The van der Waals surface area contributed by atoms with Crippen LogP contribution in [0.2, 0.25) is 0 Å². The standard InChI is InChI=1S/C23H23N3O7/c1-3-5-11-33-19-10-9-15(13-20(19)32-4-2)12-18-21(27)24-23(29)25(22(18)28)16-7-6-8-17(14-16)26(30)31/h6-10,12-14H,3-5,11H2,1-2H3,(H,24,27,29). The molecule has 0 aliphatic carbocycles. The molecular formula is C23H23N3O7.